The van der Waals surface area contributed by atoms with Gasteiger partial charge >= 0.3 is 11.8 Å². The van der Waals surface area contributed by atoms with E-state index in [1.165, 1.54) is 4.31 Å². The number of carbonyl (C=O) groups is 2. The average Bonchev–Trinajstić information content (AvgIpc) is 3.21. The molecule has 172 valence electrons. The highest BCUT2D eigenvalue weighted by atomic mass is 32.2. The van der Waals surface area contributed by atoms with Crippen LogP contribution in [0.4, 0.5) is 0 Å². The lowest BCUT2D eigenvalue weighted by molar-refractivity contribution is -0.139. The number of aryl methyl sites for hydroxylation is 3. The number of amides is 2. The maximum atomic E-state index is 13.3. The van der Waals surface area contributed by atoms with E-state index in [-0.39, 0.29) is 24.6 Å². The van der Waals surface area contributed by atoms with Gasteiger partial charge in [-0.05, 0) is 43.9 Å². The molecule has 0 saturated carbocycles. The molecular weight excluding hydrogens is 430 g/mol. The largest absolute Gasteiger partial charge is 0.359 e. The Kier molecular flexibility index (Phi) is 7.65. The average molecular weight is 460 g/mol. The molecule has 1 aliphatic rings. The molecule has 2 N–H and O–H groups in total. The van der Waals surface area contributed by atoms with Crippen LogP contribution in [-0.2, 0) is 30.8 Å². The predicted molar refractivity (Wildman–Crippen MR) is 120 cm³/mol. The van der Waals surface area contributed by atoms with Crippen LogP contribution in [0.1, 0.15) is 22.3 Å². The van der Waals surface area contributed by atoms with Crippen molar-refractivity contribution in [2.75, 3.05) is 26.2 Å². The molecule has 0 aliphatic carbocycles. The molecule has 0 unspecified atom stereocenters. The van der Waals surface area contributed by atoms with E-state index in [2.05, 4.69) is 10.6 Å². The summed E-state index contributed by atoms with van der Waals surface area (Å²) in [7, 11) is -3.82. The van der Waals surface area contributed by atoms with Gasteiger partial charge in [-0.1, -0.05) is 48.0 Å². The maximum Gasteiger partial charge on any atom is 0.309 e. The van der Waals surface area contributed by atoms with Crippen LogP contribution >= 0.6 is 0 Å². The molecule has 8 nitrogen and oxygen atoms in total. The number of hydrogen-bond acceptors (Lipinski definition) is 5. The van der Waals surface area contributed by atoms with E-state index in [0.29, 0.717) is 24.1 Å². The Balaban J connectivity index is 1.58. The molecule has 0 spiro atoms. The molecule has 1 aliphatic heterocycles. The fourth-order valence-corrected chi connectivity index (χ4v) is 5.86. The monoisotopic (exact) mass is 459 g/mol. The molecule has 1 heterocycles. The van der Waals surface area contributed by atoms with E-state index >= 15 is 0 Å². The molecule has 2 aromatic carbocycles. The van der Waals surface area contributed by atoms with Crippen LogP contribution < -0.4 is 10.6 Å². The van der Waals surface area contributed by atoms with Crippen molar-refractivity contribution in [1.82, 2.24) is 14.9 Å². The first kappa shape index (κ1) is 23.9. The predicted octanol–water partition coefficient (Wildman–Crippen LogP) is 1.43. The third-order valence-electron chi connectivity index (χ3n) is 5.30. The lowest BCUT2D eigenvalue weighted by Crippen LogP contribution is -2.47. The minimum absolute atomic E-state index is 0.117. The van der Waals surface area contributed by atoms with Gasteiger partial charge in [0.2, 0.25) is 10.0 Å². The first-order valence-electron chi connectivity index (χ1n) is 10.5. The second-order valence-corrected chi connectivity index (χ2v) is 9.70. The summed E-state index contributed by atoms with van der Waals surface area (Å²) in [5.41, 5.74) is 3.36. The Hall–Kier alpha value is -2.75. The minimum atomic E-state index is -3.82. The Morgan fingerprint density at radius 3 is 2.31 bits per heavy atom. The van der Waals surface area contributed by atoms with Crippen molar-refractivity contribution in [3.05, 3.63) is 64.7 Å². The summed E-state index contributed by atoms with van der Waals surface area (Å²) in [6.07, 6.45) is -0.270. The summed E-state index contributed by atoms with van der Waals surface area (Å²) >= 11 is 0. The fourth-order valence-electron chi connectivity index (χ4n) is 3.94. The molecule has 0 bridgehead atoms. The smallest absolute Gasteiger partial charge is 0.309 e. The van der Waals surface area contributed by atoms with Crippen LogP contribution in [-0.4, -0.2) is 57.0 Å². The van der Waals surface area contributed by atoms with Gasteiger partial charge in [0.15, 0.2) is 0 Å². The van der Waals surface area contributed by atoms with Gasteiger partial charge in [-0.15, -0.1) is 0 Å². The molecule has 3 rings (SSSR count). The van der Waals surface area contributed by atoms with Crippen molar-refractivity contribution in [2.45, 2.75) is 38.3 Å². The summed E-state index contributed by atoms with van der Waals surface area (Å²) in [6.45, 7) is 6.04. The highest BCUT2D eigenvalue weighted by Crippen LogP contribution is 2.28. The van der Waals surface area contributed by atoms with Crippen LogP contribution in [0.3, 0.4) is 0 Å². The summed E-state index contributed by atoms with van der Waals surface area (Å²) < 4.78 is 33.4. The Bertz CT molecular complexity index is 1060. The molecule has 32 heavy (non-hydrogen) atoms. The Morgan fingerprint density at radius 2 is 1.66 bits per heavy atom. The molecule has 0 aromatic heterocycles. The number of sulfonamides is 1. The van der Waals surface area contributed by atoms with Crippen LogP contribution in [0.25, 0.3) is 0 Å². The third kappa shape index (κ3) is 5.53. The zero-order valence-electron chi connectivity index (χ0n) is 18.6. The number of rotatable bonds is 7. The number of benzene rings is 2. The quantitative estimate of drug-likeness (QED) is 0.610. The standard InChI is InChI=1S/C23H29N3O5S/c1-16-13-17(2)21(18(3)14-16)32(29,30)26-11-12-31-20(26)15-25-23(28)22(27)24-10-9-19-7-5-4-6-8-19/h4-8,13-14,20H,9-12,15H2,1-3H3,(H,24,27)(H,25,28)/t20-/m1/s1. The third-order valence-corrected chi connectivity index (χ3v) is 7.50. The first-order chi connectivity index (χ1) is 15.2. The van der Waals surface area contributed by atoms with Gasteiger partial charge in [0.25, 0.3) is 0 Å². The van der Waals surface area contributed by atoms with Crippen molar-refractivity contribution in [3.63, 3.8) is 0 Å². The van der Waals surface area contributed by atoms with Crippen LogP contribution in [0.15, 0.2) is 47.4 Å². The summed E-state index contributed by atoms with van der Waals surface area (Å²) in [5, 5.41) is 5.05. The first-order valence-corrected chi connectivity index (χ1v) is 12.0. The number of hydrogen-bond donors (Lipinski definition) is 2. The molecule has 2 aromatic rings. The second kappa shape index (κ2) is 10.2. The summed E-state index contributed by atoms with van der Waals surface area (Å²) in [5.74, 6) is -1.59. The molecule has 1 fully saturated rings. The molecular formula is C23H29N3O5S. The van der Waals surface area contributed by atoms with Crippen molar-refractivity contribution in [2.24, 2.45) is 0 Å². The lowest BCUT2D eigenvalue weighted by atomic mass is 10.1. The van der Waals surface area contributed by atoms with E-state index in [9.17, 15) is 18.0 Å². The van der Waals surface area contributed by atoms with Gasteiger partial charge in [-0.3, -0.25) is 9.59 Å². The molecule has 2 amide bonds. The zero-order chi connectivity index (χ0) is 23.3. The number of nitrogens with one attached hydrogen (secondary N) is 2. The second-order valence-electron chi connectivity index (χ2n) is 7.87. The molecule has 1 atom stereocenters. The Morgan fingerprint density at radius 1 is 1.03 bits per heavy atom. The maximum absolute atomic E-state index is 13.3. The summed E-state index contributed by atoms with van der Waals surface area (Å²) in [6, 6.07) is 13.3. The van der Waals surface area contributed by atoms with Crippen LogP contribution in [0, 0.1) is 20.8 Å². The Labute approximate surface area is 189 Å². The number of carbonyl (C=O) groups excluding carboxylic acids is 2. The van der Waals surface area contributed by atoms with Gasteiger partial charge in [-0.25, -0.2) is 8.42 Å². The highest BCUT2D eigenvalue weighted by molar-refractivity contribution is 7.89. The number of nitrogens with zero attached hydrogens (tertiary/aromatic N) is 1. The van der Waals surface area contributed by atoms with Crippen LogP contribution in [0.2, 0.25) is 0 Å². The van der Waals surface area contributed by atoms with E-state index in [4.69, 9.17) is 4.74 Å². The highest BCUT2D eigenvalue weighted by Gasteiger charge is 2.38. The van der Waals surface area contributed by atoms with E-state index < -0.39 is 28.1 Å². The van der Waals surface area contributed by atoms with Crippen molar-refractivity contribution < 1.29 is 22.7 Å². The molecule has 9 heteroatoms. The summed E-state index contributed by atoms with van der Waals surface area (Å²) in [4.78, 5) is 24.5. The zero-order valence-corrected chi connectivity index (χ0v) is 19.4. The van der Waals surface area contributed by atoms with Crippen molar-refractivity contribution >= 4 is 21.8 Å². The van der Waals surface area contributed by atoms with Crippen molar-refractivity contribution in [1.29, 1.82) is 0 Å². The van der Waals surface area contributed by atoms with Gasteiger partial charge in [0, 0.05) is 13.1 Å². The molecule has 0 radical (unpaired) electrons. The van der Waals surface area contributed by atoms with Gasteiger partial charge in [-0.2, -0.15) is 4.31 Å². The normalized spacial score (nSPS) is 16.7. The van der Waals surface area contributed by atoms with E-state index in [1.807, 2.05) is 49.4 Å². The van der Waals surface area contributed by atoms with E-state index in [1.54, 1.807) is 13.8 Å². The lowest BCUT2D eigenvalue weighted by Gasteiger charge is -2.24. The van der Waals surface area contributed by atoms with E-state index in [0.717, 1.165) is 11.1 Å². The van der Waals surface area contributed by atoms with Crippen LogP contribution in [0.5, 0.6) is 0 Å². The fraction of sp³-hybridized carbons (Fsp3) is 0.391. The van der Waals surface area contributed by atoms with Gasteiger partial charge in [0.05, 0.1) is 18.0 Å². The topological polar surface area (TPSA) is 105 Å². The SMILES string of the molecule is Cc1cc(C)c(S(=O)(=O)N2CCO[C@@H]2CNC(=O)C(=O)NCCc2ccccc2)c(C)c1. The van der Waals surface area contributed by atoms with Crippen molar-refractivity contribution in [3.8, 4) is 0 Å². The number of ether oxygens (including phenoxy) is 1. The molecule has 1 saturated heterocycles. The van der Waals surface area contributed by atoms with Gasteiger partial charge < -0.3 is 15.4 Å². The van der Waals surface area contributed by atoms with Gasteiger partial charge in [0.1, 0.15) is 6.23 Å². The minimum Gasteiger partial charge on any atom is -0.359 e.